The third-order valence-electron chi connectivity index (χ3n) is 4.14. The molecule has 2 atom stereocenters. The summed E-state index contributed by atoms with van der Waals surface area (Å²) < 4.78 is 7.21. The van der Waals surface area contributed by atoms with Gasteiger partial charge in [0.25, 0.3) is 0 Å². The zero-order valence-corrected chi connectivity index (χ0v) is 11.8. The van der Waals surface area contributed by atoms with Crippen LogP contribution in [0.5, 0.6) is 0 Å². The summed E-state index contributed by atoms with van der Waals surface area (Å²) in [7, 11) is 1.54. The second-order valence-corrected chi connectivity index (χ2v) is 5.34. The number of carboxylic acid groups (broad SMARTS) is 1. The van der Waals surface area contributed by atoms with Gasteiger partial charge in [0.1, 0.15) is 11.9 Å². The molecule has 1 aromatic rings. The van der Waals surface area contributed by atoms with E-state index >= 15 is 0 Å². The Hall–Kier alpha value is -2.09. The average Bonchev–Trinajstić information content (AvgIpc) is 3.11. The number of carbonyl (C=O) groups is 2. The number of amides is 2. The number of carboxylic acids is 1. The van der Waals surface area contributed by atoms with Crippen LogP contribution in [0.1, 0.15) is 12.2 Å². The van der Waals surface area contributed by atoms with Gasteiger partial charge >= 0.3 is 12.0 Å². The number of hydrogen-bond donors (Lipinski definition) is 1. The molecule has 114 valence electrons. The third-order valence-corrected chi connectivity index (χ3v) is 4.14. The first-order chi connectivity index (χ1) is 10.1. The summed E-state index contributed by atoms with van der Waals surface area (Å²) in [5.74, 6) is -0.162. The number of methoxy groups -OCH3 is 1. The predicted octanol–water partition coefficient (Wildman–Crippen LogP) is -0.00740. The molecule has 0 aliphatic carbocycles. The first-order valence-electron chi connectivity index (χ1n) is 6.91. The average molecular weight is 294 g/mol. The van der Waals surface area contributed by atoms with Crippen molar-refractivity contribution in [3.05, 3.63) is 18.2 Å². The van der Waals surface area contributed by atoms with E-state index in [1.807, 2.05) is 10.8 Å². The highest BCUT2D eigenvalue weighted by Gasteiger charge is 2.41. The minimum atomic E-state index is -0.985. The second kappa shape index (κ2) is 5.36. The van der Waals surface area contributed by atoms with Gasteiger partial charge in [-0.3, -0.25) is 0 Å². The van der Waals surface area contributed by atoms with Gasteiger partial charge in [-0.1, -0.05) is 0 Å². The van der Waals surface area contributed by atoms with Gasteiger partial charge in [0.15, 0.2) is 0 Å². The molecule has 8 nitrogen and oxygen atoms in total. The summed E-state index contributed by atoms with van der Waals surface area (Å²) >= 11 is 0. The van der Waals surface area contributed by atoms with Crippen molar-refractivity contribution in [1.82, 2.24) is 19.4 Å². The first kappa shape index (κ1) is 13.9. The minimum Gasteiger partial charge on any atom is -0.480 e. The monoisotopic (exact) mass is 294 g/mol. The second-order valence-electron chi connectivity index (χ2n) is 5.34. The van der Waals surface area contributed by atoms with E-state index in [2.05, 4.69) is 4.98 Å². The van der Waals surface area contributed by atoms with Crippen LogP contribution >= 0.6 is 0 Å². The van der Waals surface area contributed by atoms with Crippen molar-refractivity contribution < 1.29 is 19.4 Å². The van der Waals surface area contributed by atoms with Gasteiger partial charge in [-0.2, -0.15) is 0 Å². The summed E-state index contributed by atoms with van der Waals surface area (Å²) in [5, 5.41) is 9.28. The standard InChI is InChI=1S/C13H18N4O4/c1-21-9-6-10(12(18)19)17(7-9)13(20)16-5-4-15-3-2-14-11(15)8-16/h2-3,9-10H,4-8H2,1H3,(H,18,19). The maximum absolute atomic E-state index is 12.6. The SMILES string of the molecule is COC1CC(C(=O)O)N(C(=O)N2CCn3ccnc3C2)C1. The molecule has 8 heteroatoms. The molecule has 0 saturated carbocycles. The molecular formula is C13H18N4O4. The van der Waals surface area contributed by atoms with Crippen LogP contribution in [0.25, 0.3) is 0 Å². The van der Waals surface area contributed by atoms with Gasteiger partial charge in [0, 0.05) is 45.6 Å². The van der Waals surface area contributed by atoms with Crippen LogP contribution in [0.3, 0.4) is 0 Å². The van der Waals surface area contributed by atoms with Gasteiger partial charge in [-0.05, 0) is 0 Å². The van der Waals surface area contributed by atoms with E-state index < -0.39 is 12.0 Å². The van der Waals surface area contributed by atoms with Crippen molar-refractivity contribution in [2.75, 3.05) is 20.2 Å². The van der Waals surface area contributed by atoms with Crippen LogP contribution in [0, 0.1) is 0 Å². The van der Waals surface area contributed by atoms with Crippen molar-refractivity contribution >= 4 is 12.0 Å². The Morgan fingerprint density at radius 1 is 1.43 bits per heavy atom. The highest BCUT2D eigenvalue weighted by atomic mass is 16.5. The largest absolute Gasteiger partial charge is 0.480 e. The lowest BCUT2D eigenvalue weighted by atomic mass is 10.2. The molecule has 21 heavy (non-hydrogen) atoms. The number of carbonyl (C=O) groups excluding carboxylic acids is 1. The molecule has 2 aliphatic rings. The first-order valence-corrected chi connectivity index (χ1v) is 6.91. The highest BCUT2D eigenvalue weighted by Crippen LogP contribution is 2.23. The van der Waals surface area contributed by atoms with Gasteiger partial charge in [-0.15, -0.1) is 0 Å². The number of aromatic nitrogens is 2. The molecule has 0 spiro atoms. The van der Waals surface area contributed by atoms with E-state index in [9.17, 15) is 14.7 Å². The minimum absolute atomic E-state index is 0.221. The topological polar surface area (TPSA) is 87.9 Å². The van der Waals surface area contributed by atoms with E-state index in [1.54, 1.807) is 11.1 Å². The molecule has 1 fully saturated rings. The van der Waals surface area contributed by atoms with Gasteiger partial charge in [0.2, 0.25) is 0 Å². The molecule has 3 heterocycles. The number of likely N-dealkylation sites (tertiary alicyclic amines) is 1. The summed E-state index contributed by atoms with van der Waals surface area (Å²) in [6.07, 6.45) is 3.70. The Balaban J connectivity index is 1.74. The number of fused-ring (bicyclic) bond motifs is 1. The summed E-state index contributed by atoms with van der Waals surface area (Å²) in [5.41, 5.74) is 0. The molecule has 2 unspecified atom stereocenters. The molecule has 2 amide bonds. The van der Waals surface area contributed by atoms with E-state index in [0.29, 0.717) is 32.6 Å². The molecule has 0 radical (unpaired) electrons. The molecular weight excluding hydrogens is 276 g/mol. The van der Waals surface area contributed by atoms with Crippen LogP contribution in [0.2, 0.25) is 0 Å². The van der Waals surface area contributed by atoms with Crippen LogP contribution in [-0.2, 0) is 22.6 Å². The Bertz CT molecular complexity index is 558. The van der Waals surface area contributed by atoms with Crippen molar-refractivity contribution in [3.8, 4) is 0 Å². The van der Waals surface area contributed by atoms with Crippen LogP contribution < -0.4 is 0 Å². The molecule has 2 aliphatic heterocycles. The normalized spacial score (nSPS) is 25.0. The van der Waals surface area contributed by atoms with Gasteiger partial charge in [0.05, 0.1) is 12.6 Å². The smallest absolute Gasteiger partial charge is 0.326 e. The van der Waals surface area contributed by atoms with Crippen LogP contribution in [-0.4, -0.2) is 68.8 Å². The number of rotatable bonds is 2. The molecule has 3 rings (SSSR count). The lowest BCUT2D eigenvalue weighted by Crippen LogP contribution is -2.50. The fraction of sp³-hybridized carbons (Fsp3) is 0.615. The number of ether oxygens (including phenoxy) is 1. The Morgan fingerprint density at radius 3 is 2.95 bits per heavy atom. The number of aliphatic carboxylic acids is 1. The Kier molecular flexibility index (Phi) is 3.54. The van der Waals surface area contributed by atoms with E-state index in [0.717, 1.165) is 5.82 Å². The van der Waals surface area contributed by atoms with Crippen molar-refractivity contribution in [3.63, 3.8) is 0 Å². The molecule has 1 aromatic heterocycles. The summed E-state index contributed by atoms with van der Waals surface area (Å²) in [4.78, 5) is 31.2. The summed E-state index contributed by atoms with van der Waals surface area (Å²) in [6, 6.07) is -1.07. The number of hydrogen-bond acceptors (Lipinski definition) is 4. The van der Waals surface area contributed by atoms with Gasteiger partial charge in [-0.25, -0.2) is 14.6 Å². The summed E-state index contributed by atoms with van der Waals surface area (Å²) in [6.45, 7) is 1.96. The van der Waals surface area contributed by atoms with E-state index in [1.165, 1.54) is 12.0 Å². The zero-order chi connectivity index (χ0) is 15.0. The lowest BCUT2D eigenvalue weighted by molar-refractivity contribution is -0.141. The van der Waals surface area contributed by atoms with E-state index in [4.69, 9.17) is 4.74 Å². The number of imidazole rings is 1. The fourth-order valence-electron chi connectivity index (χ4n) is 2.93. The predicted molar refractivity (Wildman–Crippen MR) is 71.6 cm³/mol. The molecule has 0 bridgehead atoms. The number of urea groups is 1. The van der Waals surface area contributed by atoms with Gasteiger partial charge < -0.3 is 24.2 Å². The lowest BCUT2D eigenvalue weighted by Gasteiger charge is -2.32. The van der Waals surface area contributed by atoms with Crippen LogP contribution in [0.4, 0.5) is 4.79 Å². The Labute approximate surface area is 121 Å². The van der Waals surface area contributed by atoms with Crippen molar-refractivity contribution in [2.45, 2.75) is 31.7 Å². The molecule has 1 saturated heterocycles. The zero-order valence-electron chi connectivity index (χ0n) is 11.8. The van der Waals surface area contributed by atoms with Crippen molar-refractivity contribution in [2.24, 2.45) is 0 Å². The maximum atomic E-state index is 12.6. The van der Waals surface area contributed by atoms with E-state index in [-0.39, 0.29) is 12.1 Å². The maximum Gasteiger partial charge on any atom is 0.326 e. The third kappa shape index (κ3) is 2.46. The van der Waals surface area contributed by atoms with Crippen molar-refractivity contribution in [1.29, 1.82) is 0 Å². The van der Waals surface area contributed by atoms with Crippen LogP contribution in [0.15, 0.2) is 12.4 Å². The molecule has 0 aromatic carbocycles. The Morgan fingerprint density at radius 2 is 2.24 bits per heavy atom. The number of nitrogens with zero attached hydrogens (tertiary/aromatic N) is 4. The quantitative estimate of drug-likeness (QED) is 0.829. The fourth-order valence-corrected chi connectivity index (χ4v) is 2.93. The highest BCUT2D eigenvalue weighted by molar-refractivity contribution is 5.83. The molecule has 1 N–H and O–H groups in total.